The minimum absolute atomic E-state index is 0.00892. The van der Waals surface area contributed by atoms with Crippen LogP contribution in [0.25, 0.3) is 0 Å². The number of carboxylic acids is 1. The quantitative estimate of drug-likeness (QED) is 0.573. The van der Waals surface area contributed by atoms with Gasteiger partial charge in [-0.3, -0.25) is 4.79 Å². The minimum atomic E-state index is -3.81. The van der Waals surface area contributed by atoms with Crippen molar-refractivity contribution < 1.29 is 27.9 Å². The Kier molecular flexibility index (Phi) is 6.13. The second-order valence-electron chi connectivity index (χ2n) is 4.03. The van der Waals surface area contributed by atoms with Gasteiger partial charge in [0.15, 0.2) is 0 Å². The number of ether oxygens (including phenoxy) is 1. The summed E-state index contributed by atoms with van der Waals surface area (Å²) in [5.41, 5.74) is 0.0593. The first-order chi connectivity index (χ1) is 9.77. The van der Waals surface area contributed by atoms with Crippen molar-refractivity contribution in [3.63, 3.8) is 0 Å². The molecule has 0 saturated carbocycles. The van der Waals surface area contributed by atoms with Crippen molar-refractivity contribution in [1.29, 1.82) is 0 Å². The number of carbonyl (C=O) groups is 2. The van der Waals surface area contributed by atoms with Crippen LogP contribution in [0.3, 0.4) is 0 Å². The molecule has 1 aromatic rings. The fourth-order valence-electron chi connectivity index (χ4n) is 1.47. The van der Waals surface area contributed by atoms with Gasteiger partial charge in [0.1, 0.15) is 0 Å². The van der Waals surface area contributed by atoms with Crippen molar-refractivity contribution in [2.45, 2.75) is 17.7 Å². The second kappa shape index (κ2) is 7.39. The van der Waals surface area contributed by atoms with Crippen molar-refractivity contribution in [1.82, 2.24) is 4.72 Å². The van der Waals surface area contributed by atoms with Crippen LogP contribution in [-0.4, -0.2) is 39.1 Å². The topological polar surface area (TPSA) is 110 Å². The van der Waals surface area contributed by atoms with Crippen LogP contribution < -0.4 is 4.72 Å². The average Bonchev–Trinajstić information content (AvgIpc) is 2.42. The zero-order valence-corrected chi connectivity index (χ0v) is 12.7. The van der Waals surface area contributed by atoms with E-state index in [0.717, 1.165) is 6.07 Å². The number of hydrogen-bond donors (Lipinski definition) is 2. The molecule has 0 bridgehead atoms. The number of rotatable bonds is 7. The molecule has 0 radical (unpaired) electrons. The smallest absolute Gasteiger partial charge is 0.339 e. The third-order valence-corrected chi connectivity index (χ3v) is 4.29. The Morgan fingerprint density at radius 3 is 2.57 bits per heavy atom. The molecule has 0 saturated heterocycles. The molecule has 1 aromatic carbocycles. The first-order valence-electron chi connectivity index (χ1n) is 5.87. The summed E-state index contributed by atoms with van der Waals surface area (Å²) in [5.74, 6) is -1.67. The monoisotopic (exact) mass is 335 g/mol. The Hall–Kier alpha value is -1.64. The third kappa shape index (κ3) is 5.00. The summed E-state index contributed by atoms with van der Waals surface area (Å²) in [6, 6.07) is 3.60. The molecule has 7 nitrogen and oxygen atoms in total. The predicted octanol–water partition coefficient (Wildman–Crippen LogP) is 1.27. The molecule has 0 aliphatic rings. The highest BCUT2D eigenvalue weighted by Gasteiger charge is 2.18. The number of esters is 1. The van der Waals surface area contributed by atoms with Crippen molar-refractivity contribution in [3.05, 3.63) is 28.8 Å². The van der Waals surface area contributed by atoms with Crippen molar-refractivity contribution in [3.8, 4) is 0 Å². The van der Waals surface area contributed by atoms with Gasteiger partial charge in [-0.1, -0.05) is 11.6 Å². The Balaban J connectivity index is 2.82. The number of aliphatic carboxylic acids is 1. The summed E-state index contributed by atoms with van der Waals surface area (Å²) in [7, 11) is -2.62. The zero-order valence-electron chi connectivity index (χ0n) is 11.1. The third-order valence-electron chi connectivity index (χ3n) is 2.52. The lowest BCUT2D eigenvalue weighted by Crippen LogP contribution is -2.25. The number of hydrogen-bond acceptors (Lipinski definition) is 5. The molecule has 0 aromatic heterocycles. The van der Waals surface area contributed by atoms with Gasteiger partial charge in [0.05, 0.1) is 22.6 Å². The van der Waals surface area contributed by atoms with E-state index in [1.54, 1.807) is 0 Å². The number of benzene rings is 1. The van der Waals surface area contributed by atoms with E-state index in [1.807, 2.05) is 0 Å². The molecule has 0 aliphatic carbocycles. The van der Waals surface area contributed by atoms with Crippen LogP contribution in [0.15, 0.2) is 23.1 Å². The van der Waals surface area contributed by atoms with Gasteiger partial charge in [-0.15, -0.1) is 0 Å². The minimum Gasteiger partial charge on any atom is -0.481 e. The lowest BCUT2D eigenvalue weighted by Gasteiger charge is -2.08. The van der Waals surface area contributed by atoms with E-state index in [0.29, 0.717) is 0 Å². The molecule has 2 N–H and O–H groups in total. The van der Waals surface area contributed by atoms with Gasteiger partial charge >= 0.3 is 11.9 Å². The highest BCUT2D eigenvalue weighted by molar-refractivity contribution is 7.89. The summed E-state index contributed by atoms with van der Waals surface area (Å²) in [5, 5.41) is 8.42. The summed E-state index contributed by atoms with van der Waals surface area (Å²) >= 11 is 5.84. The van der Waals surface area contributed by atoms with E-state index in [2.05, 4.69) is 9.46 Å². The molecule has 0 amide bonds. The van der Waals surface area contributed by atoms with Crippen LogP contribution in [-0.2, 0) is 19.6 Å². The molecule has 1 rings (SSSR count). The van der Waals surface area contributed by atoms with E-state index in [9.17, 15) is 18.0 Å². The largest absolute Gasteiger partial charge is 0.481 e. The van der Waals surface area contributed by atoms with Crippen LogP contribution in [0.1, 0.15) is 23.2 Å². The highest BCUT2D eigenvalue weighted by atomic mass is 35.5. The normalized spacial score (nSPS) is 11.1. The van der Waals surface area contributed by atoms with Crippen LogP contribution in [0.2, 0.25) is 5.02 Å². The Labute approximate surface area is 126 Å². The first kappa shape index (κ1) is 17.4. The summed E-state index contributed by atoms with van der Waals surface area (Å²) in [6.07, 6.45) is 0.0348. The fourth-order valence-corrected chi connectivity index (χ4v) is 2.89. The standard InChI is InChI=1S/C12H14ClNO6S/c1-20-12(17)9-5-4-8(7-10(9)13)21(18,19)14-6-2-3-11(15)16/h4-5,7,14H,2-3,6H2,1H3,(H,15,16). The molecular weight excluding hydrogens is 322 g/mol. The van der Waals surface area contributed by atoms with Gasteiger partial charge < -0.3 is 9.84 Å². The summed E-state index contributed by atoms with van der Waals surface area (Å²) < 4.78 is 30.6. The SMILES string of the molecule is COC(=O)c1ccc(S(=O)(=O)NCCCC(=O)O)cc1Cl. The van der Waals surface area contributed by atoms with Crippen LogP contribution >= 0.6 is 11.6 Å². The molecule has 21 heavy (non-hydrogen) atoms. The number of nitrogens with one attached hydrogen (secondary N) is 1. The molecule has 0 heterocycles. The van der Waals surface area contributed by atoms with Gasteiger partial charge in [0.25, 0.3) is 0 Å². The van der Waals surface area contributed by atoms with E-state index in [-0.39, 0.29) is 34.9 Å². The van der Waals surface area contributed by atoms with Crippen LogP contribution in [0.4, 0.5) is 0 Å². The van der Waals surface area contributed by atoms with E-state index in [4.69, 9.17) is 16.7 Å². The molecule has 0 spiro atoms. The molecule has 0 unspecified atom stereocenters. The second-order valence-corrected chi connectivity index (χ2v) is 6.20. The highest BCUT2D eigenvalue weighted by Crippen LogP contribution is 2.21. The maximum atomic E-state index is 11.9. The van der Waals surface area contributed by atoms with E-state index < -0.39 is 22.0 Å². The van der Waals surface area contributed by atoms with Crippen LogP contribution in [0, 0.1) is 0 Å². The van der Waals surface area contributed by atoms with Crippen molar-refractivity contribution >= 4 is 33.6 Å². The number of sulfonamides is 1. The van der Waals surface area contributed by atoms with Gasteiger partial charge in [0, 0.05) is 13.0 Å². The summed E-state index contributed by atoms with van der Waals surface area (Å²) in [4.78, 5) is 21.6. The average molecular weight is 336 g/mol. The molecule has 0 fully saturated rings. The molecular formula is C12H14ClNO6S. The maximum Gasteiger partial charge on any atom is 0.339 e. The van der Waals surface area contributed by atoms with E-state index >= 15 is 0 Å². The molecule has 9 heteroatoms. The number of carboxylic acid groups (broad SMARTS) is 1. The molecule has 116 valence electrons. The van der Waals surface area contributed by atoms with Gasteiger partial charge in [0.2, 0.25) is 10.0 Å². The molecule has 0 aliphatic heterocycles. The number of carbonyl (C=O) groups excluding carboxylic acids is 1. The van der Waals surface area contributed by atoms with E-state index in [1.165, 1.54) is 19.2 Å². The predicted molar refractivity (Wildman–Crippen MR) is 74.8 cm³/mol. The first-order valence-corrected chi connectivity index (χ1v) is 7.73. The lowest BCUT2D eigenvalue weighted by molar-refractivity contribution is -0.137. The molecule has 0 atom stereocenters. The van der Waals surface area contributed by atoms with Gasteiger partial charge in [-0.2, -0.15) is 0 Å². The summed E-state index contributed by atoms with van der Waals surface area (Å²) in [6.45, 7) is -0.00892. The zero-order chi connectivity index (χ0) is 16.0. The Bertz CT molecular complexity index is 643. The van der Waals surface area contributed by atoms with Crippen LogP contribution in [0.5, 0.6) is 0 Å². The number of halogens is 1. The Morgan fingerprint density at radius 2 is 2.05 bits per heavy atom. The fraction of sp³-hybridized carbons (Fsp3) is 0.333. The maximum absolute atomic E-state index is 11.9. The lowest BCUT2D eigenvalue weighted by atomic mass is 10.2. The van der Waals surface area contributed by atoms with Crippen molar-refractivity contribution in [2.24, 2.45) is 0 Å². The van der Waals surface area contributed by atoms with Gasteiger partial charge in [-0.25, -0.2) is 17.9 Å². The van der Waals surface area contributed by atoms with Gasteiger partial charge in [-0.05, 0) is 24.6 Å². The van der Waals surface area contributed by atoms with Crippen molar-refractivity contribution in [2.75, 3.05) is 13.7 Å². The number of methoxy groups -OCH3 is 1. The Morgan fingerprint density at radius 1 is 1.38 bits per heavy atom.